The molecule has 0 aliphatic rings. The Balaban J connectivity index is -0.0000000215. The van der Waals surface area contributed by atoms with Gasteiger partial charge in [-0.15, -0.1) is 0 Å². The Bertz CT molecular complexity index is 356. The molecule has 168 valence electrons. The smallest absolute Gasteiger partial charge is 0.337 e. The molecule has 14 heteroatoms. The molecule has 14 N–H and O–H groups in total. The van der Waals surface area contributed by atoms with Gasteiger partial charge in [0.15, 0.2) is 0 Å². The van der Waals surface area contributed by atoms with Crippen molar-refractivity contribution in [2.45, 2.75) is 21.3 Å². The minimum absolute atomic E-state index is 0. The van der Waals surface area contributed by atoms with Crippen LogP contribution < -0.4 is 28.7 Å². The highest BCUT2D eigenvalue weighted by Crippen LogP contribution is 1.53. The van der Waals surface area contributed by atoms with Crippen LogP contribution in [0.5, 0.6) is 0 Å². The molecule has 0 aromatic carbocycles. The van der Waals surface area contributed by atoms with Crippen LogP contribution in [0.1, 0.15) is 21.3 Å². The second-order valence-electron chi connectivity index (χ2n) is 2.56. The van der Waals surface area contributed by atoms with Gasteiger partial charge in [0, 0.05) is 14.0 Å². The van der Waals surface area contributed by atoms with E-state index in [1.54, 1.807) is 0 Å². The molecule has 0 unspecified atom stereocenters. The monoisotopic (exact) mass is 409 g/mol. The summed E-state index contributed by atoms with van der Waals surface area (Å²) < 4.78 is 0. The molecule has 0 aromatic rings. The topological polar surface area (TPSA) is 285 Å². The zero-order chi connectivity index (χ0) is 24.4. The van der Waals surface area contributed by atoms with Crippen LogP contribution >= 0.6 is 0 Å². The fourth-order valence-corrected chi connectivity index (χ4v) is 0. The minimum atomic E-state index is -0.731. The summed E-state index contributed by atoms with van der Waals surface area (Å²) in [5, 5.41) is 25.1. The Morgan fingerprint density at radius 2 is 1.04 bits per heavy atom. The highest BCUT2D eigenvalue weighted by molar-refractivity contribution is 5.79. The number of aliphatic hydroxyl groups is 1. The summed E-state index contributed by atoms with van der Waals surface area (Å²) in [6.07, 6.45) is 0. The lowest BCUT2D eigenvalue weighted by molar-refractivity contribution is -0.115. The van der Waals surface area contributed by atoms with Gasteiger partial charge in [0.25, 0.3) is 0 Å². The number of nitrogens with one attached hydrogen (secondary N) is 3. The van der Waals surface area contributed by atoms with Crippen molar-refractivity contribution in [3.8, 4) is 0 Å². The number of hydrogen-bond acceptors (Lipinski definition) is 7. The maximum atomic E-state index is 9.36. The summed E-state index contributed by atoms with van der Waals surface area (Å²) in [4.78, 5) is 27.1. The van der Waals surface area contributed by atoms with Crippen molar-refractivity contribution < 1.29 is 14.7 Å². The number of nitrogens with zero attached hydrogens (tertiary/aromatic N) is 3. The van der Waals surface area contributed by atoms with Crippen molar-refractivity contribution in [3.63, 3.8) is 0 Å². The number of amides is 3. The lowest BCUT2D eigenvalue weighted by atomic mass is 10.8. The molecule has 0 bridgehead atoms. The molecule has 28 heavy (non-hydrogen) atoms. The number of hydrogen-bond donors (Lipinski definition) is 9. The van der Waals surface area contributed by atoms with Crippen LogP contribution in [0.2, 0.25) is 0 Å². The van der Waals surface area contributed by atoms with Gasteiger partial charge < -0.3 is 44.0 Å². The molecular formula is C14H39N11O3. The minimum Gasteiger partial charge on any atom is -0.400 e. The highest BCUT2D eigenvalue weighted by Gasteiger charge is 1.70. The third-order valence-corrected chi connectivity index (χ3v) is 0.326. The summed E-state index contributed by atoms with van der Waals surface area (Å²) in [5.74, 6) is -0.398. The van der Waals surface area contributed by atoms with E-state index in [-0.39, 0.29) is 25.1 Å². The molecule has 0 saturated heterocycles. The normalized spacial score (nSPS) is 4.93. The fraction of sp³-hybridized carbons (Fsp3) is 0.429. The molecule has 0 aliphatic carbocycles. The largest absolute Gasteiger partial charge is 0.400 e. The van der Waals surface area contributed by atoms with E-state index in [1.165, 1.54) is 27.9 Å². The van der Waals surface area contributed by atoms with E-state index in [0.717, 1.165) is 7.11 Å². The van der Waals surface area contributed by atoms with E-state index >= 15 is 0 Å². The van der Waals surface area contributed by atoms with Crippen LogP contribution in [0, 0.1) is 22.8 Å². The van der Waals surface area contributed by atoms with Gasteiger partial charge >= 0.3 is 6.03 Å². The second kappa shape index (κ2) is 90.7. The molecule has 0 spiro atoms. The highest BCUT2D eigenvalue weighted by atomic mass is 16.2. The number of aliphatic imine (C=N–C) groups is 2. The van der Waals surface area contributed by atoms with E-state index < -0.39 is 6.03 Å². The van der Waals surface area contributed by atoms with Gasteiger partial charge in [0.1, 0.15) is 0 Å². The molecule has 0 heterocycles. The van der Waals surface area contributed by atoms with Gasteiger partial charge in [-0.2, -0.15) is 0 Å². The van der Waals surface area contributed by atoms with Crippen molar-refractivity contribution in [2.75, 3.05) is 21.2 Å². The van der Waals surface area contributed by atoms with Crippen LogP contribution in [-0.4, -0.2) is 70.2 Å². The lowest BCUT2D eigenvalue weighted by Gasteiger charge is -1.71. The van der Waals surface area contributed by atoms with Crippen molar-refractivity contribution in [3.05, 3.63) is 11.4 Å². The van der Waals surface area contributed by atoms with Crippen molar-refractivity contribution in [1.82, 2.24) is 0 Å². The Labute approximate surface area is 168 Å². The number of primary amides is 2. The van der Waals surface area contributed by atoms with Gasteiger partial charge in [-0.05, 0) is 34.1 Å². The van der Waals surface area contributed by atoms with Crippen LogP contribution in [0.4, 0.5) is 4.79 Å². The molecule has 0 atom stereocenters. The molecule has 3 amide bonds. The Morgan fingerprint density at radius 1 is 0.964 bits per heavy atom. The summed E-state index contributed by atoms with van der Waals surface area (Å²) in [6, 6.07) is -0.731. The van der Waals surface area contributed by atoms with Crippen LogP contribution in [0.15, 0.2) is 9.98 Å². The first-order valence-corrected chi connectivity index (χ1v) is 6.19. The Hall–Kier alpha value is -3.70. The first-order valence-electron chi connectivity index (χ1n) is 6.19. The molecular weight excluding hydrogens is 370 g/mol. The van der Waals surface area contributed by atoms with Gasteiger partial charge in [0.2, 0.25) is 18.9 Å². The average molecular weight is 410 g/mol. The number of carbonyl (C=O) groups excluding carboxylic acids is 2. The lowest BCUT2D eigenvalue weighted by Crippen LogP contribution is -2.03. The molecule has 14 nitrogen and oxygen atoms in total. The summed E-state index contributed by atoms with van der Waals surface area (Å²) in [5.41, 5.74) is 22.7. The predicted octanol–water partition coefficient (Wildman–Crippen LogP) is -0.599. The summed E-state index contributed by atoms with van der Waals surface area (Å²) in [7, 11) is 3.92. The van der Waals surface area contributed by atoms with E-state index in [2.05, 4.69) is 57.9 Å². The van der Waals surface area contributed by atoms with E-state index in [1.807, 2.05) is 0 Å². The molecule has 0 aliphatic heterocycles. The number of guanidine groups is 1. The standard InChI is InChI=1S/C2H5N3.C2H4N2O.C2H6N2.C2H5NO.C2H3N.CH5N.CH3N.CH4O.CH4/c1-5-2(3)4;1-4-2(3)5;2*1-2(3)4;1-3-2;3*1-2;/h1H2,(H3,3,4);1H2,(H2,3,5);1H3,(H3,3,4);1H3,(H2,3,4);1H3;2H2,1H3;2H,1H2;2H,1H3;1H4. The van der Waals surface area contributed by atoms with Gasteiger partial charge in [0.05, 0.1) is 5.84 Å². The SMILES string of the molecule is C.C=N.C=NC(=N)N.C=NC(N)=O.CC(=N)N.CC(N)=O.CN.CO.[C-]#[N+]C. The van der Waals surface area contributed by atoms with Crippen LogP contribution in [-0.2, 0) is 4.79 Å². The molecule has 0 aromatic heterocycles. The van der Waals surface area contributed by atoms with E-state index in [4.69, 9.17) is 33.6 Å². The zero-order valence-electron chi connectivity index (χ0n) is 16.6. The maximum Gasteiger partial charge on any atom is 0.337 e. The van der Waals surface area contributed by atoms with Gasteiger partial charge in [-0.3, -0.25) is 15.6 Å². The Kier molecular flexibility index (Phi) is 183. The quantitative estimate of drug-likeness (QED) is 0.143. The van der Waals surface area contributed by atoms with E-state index in [9.17, 15) is 9.59 Å². The molecule has 0 saturated carbocycles. The van der Waals surface area contributed by atoms with Crippen molar-refractivity contribution in [2.24, 2.45) is 38.7 Å². The van der Waals surface area contributed by atoms with Crippen molar-refractivity contribution in [1.29, 1.82) is 16.2 Å². The third kappa shape index (κ3) is 112000. The van der Waals surface area contributed by atoms with Gasteiger partial charge in [-0.1, -0.05) is 7.43 Å². The first-order chi connectivity index (χ1) is 12.4. The number of amidine groups is 1. The van der Waals surface area contributed by atoms with Crippen LogP contribution in [0.3, 0.4) is 0 Å². The fourth-order valence-electron chi connectivity index (χ4n) is 0. The second-order valence-corrected chi connectivity index (χ2v) is 2.56. The molecule has 0 fully saturated rings. The predicted molar refractivity (Wildman–Crippen MR) is 120 cm³/mol. The summed E-state index contributed by atoms with van der Waals surface area (Å²) in [6.45, 7) is 17.0. The van der Waals surface area contributed by atoms with Gasteiger partial charge in [-0.25, -0.2) is 21.4 Å². The number of carbonyl (C=O) groups is 2. The molecule has 0 rings (SSSR count). The van der Waals surface area contributed by atoms with E-state index in [0.29, 0.717) is 0 Å². The number of aliphatic hydroxyl groups excluding tert-OH is 1. The van der Waals surface area contributed by atoms with Crippen molar-refractivity contribution >= 4 is 43.9 Å². The summed E-state index contributed by atoms with van der Waals surface area (Å²) >= 11 is 0. The number of urea groups is 1. The molecule has 0 radical (unpaired) electrons. The zero-order valence-corrected chi connectivity index (χ0v) is 16.6. The third-order valence-electron chi connectivity index (χ3n) is 0.326. The Morgan fingerprint density at radius 3 is 1.04 bits per heavy atom. The maximum absolute atomic E-state index is 9.36. The number of rotatable bonds is 0. The van der Waals surface area contributed by atoms with Crippen LogP contribution in [0.25, 0.3) is 4.85 Å². The number of nitrogens with two attached hydrogens (primary N) is 5. The average Bonchev–Trinajstić information content (AvgIpc) is 2.60. The first kappa shape index (κ1) is 56.4.